The van der Waals surface area contributed by atoms with Gasteiger partial charge in [-0.25, -0.2) is 0 Å². The Morgan fingerprint density at radius 2 is 1.80 bits per heavy atom. The highest BCUT2D eigenvalue weighted by atomic mass is 16.9. The van der Waals surface area contributed by atoms with Gasteiger partial charge < -0.3 is 15.3 Å². The molecular weight excluding hydrogens is 268 g/mol. The van der Waals surface area contributed by atoms with Gasteiger partial charge >= 0.3 is 5.97 Å². The van der Waals surface area contributed by atoms with Gasteiger partial charge in [-0.15, -0.1) is 10.1 Å². The van der Waals surface area contributed by atoms with Crippen molar-refractivity contribution >= 4 is 11.9 Å². The molecule has 2 N–H and O–H groups in total. The smallest absolute Gasteiger partial charge is 0.303 e. The van der Waals surface area contributed by atoms with Crippen molar-refractivity contribution in [1.82, 2.24) is 5.32 Å². The van der Waals surface area contributed by atoms with Crippen LogP contribution in [0.5, 0.6) is 0 Å². The molecule has 8 nitrogen and oxygen atoms in total. The lowest BCUT2D eigenvalue weighted by atomic mass is 10.3. The van der Waals surface area contributed by atoms with E-state index in [0.717, 1.165) is 5.92 Å². The number of nitrogens with one attached hydrogen (secondary N) is 1. The standard InChI is InChI=1S/C8H14N2O6.C4H10/c11-7(3-2-6-16-10(14)15)9-5-1-4-8(12)13;1-4(2)3/h1-6H2,(H,9,11)(H,12,13);4H,1-3H3. The van der Waals surface area contributed by atoms with E-state index in [9.17, 15) is 19.7 Å². The number of rotatable bonds is 9. The fraction of sp³-hybridized carbons (Fsp3) is 0.833. The Morgan fingerprint density at radius 1 is 1.25 bits per heavy atom. The van der Waals surface area contributed by atoms with Crippen molar-refractivity contribution in [2.75, 3.05) is 13.2 Å². The molecule has 0 aromatic heterocycles. The average molecular weight is 292 g/mol. The molecule has 118 valence electrons. The zero-order valence-electron chi connectivity index (χ0n) is 12.3. The van der Waals surface area contributed by atoms with Gasteiger partial charge in [0.1, 0.15) is 0 Å². The van der Waals surface area contributed by atoms with Crippen LogP contribution in [0.25, 0.3) is 0 Å². The summed E-state index contributed by atoms with van der Waals surface area (Å²) in [6.07, 6.45) is 0.754. The van der Waals surface area contributed by atoms with Crippen LogP contribution in [0.4, 0.5) is 0 Å². The number of aliphatic carboxylic acids is 1. The van der Waals surface area contributed by atoms with Gasteiger partial charge in [0.2, 0.25) is 5.91 Å². The van der Waals surface area contributed by atoms with Gasteiger partial charge in [0.25, 0.3) is 5.09 Å². The van der Waals surface area contributed by atoms with Crippen LogP contribution >= 0.6 is 0 Å². The molecule has 1 amide bonds. The van der Waals surface area contributed by atoms with Crippen molar-refractivity contribution in [2.24, 2.45) is 5.92 Å². The number of carbonyl (C=O) groups is 2. The minimum Gasteiger partial charge on any atom is -0.481 e. The summed E-state index contributed by atoms with van der Waals surface area (Å²) in [5, 5.41) is 19.6. The molecule has 0 saturated heterocycles. The monoisotopic (exact) mass is 292 g/mol. The topological polar surface area (TPSA) is 119 Å². The molecule has 0 aliphatic heterocycles. The zero-order chi connectivity index (χ0) is 16.0. The second kappa shape index (κ2) is 13.6. The van der Waals surface area contributed by atoms with E-state index in [1.54, 1.807) is 0 Å². The maximum absolute atomic E-state index is 11.0. The Morgan fingerprint density at radius 3 is 2.25 bits per heavy atom. The summed E-state index contributed by atoms with van der Waals surface area (Å²) < 4.78 is 0. The molecule has 0 aromatic carbocycles. The molecule has 0 aliphatic carbocycles. The highest BCUT2D eigenvalue weighted by molar-refractivity contribution is 5.75. The second-order valence-corrected chi connectivity index (χ2v) is 4.74. The lowest BCUT2D eigenvalue weighted by Crippen LogP contribution is -2.25. The van der Waals surface area contributed by atoms with Crippen LogP contribution in [-0.4, -0.2) is 35.2 Å². The van der Waals surface area contributed by atoms with Gasteiger partial charge in [-0.1, -0.05) is 20.8 Å². The van der Waals surface area contributed by atoms with E-state index in [0.29, 0.717) is 13.0 Å². The summed E-state index contributed by atoms with van der Waals surface area (Å²) in [7, 11) is 0. The van der Waals surface area contributed by atoms with Crippen LogP contribution in [0.2, 0.25) is 0 Å². The van der Waals surface area contributed by atoms with Crippen molar-refractivity contribution in [3.63, 3.8) is 0 Å². The first-order valence-corrected chi connectivity index (χ1v) is 6.51. The predicted octanol–water partition coefficient (Wildman–Crippen LogP) is 1.62. The number of hydrogen-bond donors (Lipinski definition) is 2. The molecule has 0 aromatic rings. The quantitative estimate of drug-likeness (QED) is 0.378. The number of carbonyl (C=O) groups excluding carboxylic acids is 1. The van der Waals surface area contributed by atoms with Gasteiger partial charge in [0.05, 0.1) is 6.61 Å². The second-order valence-electron chi connectivity index (χ2n) is 4.74. The van der Waals surface area contributed by atoms with Crippen LogP contribution in [0.3, 0.4) is 0 Å². The van der Waals surface area contributed by atoms with E-state index in [-0.39, 0.29) is 31.8 Å². The Balaban J connectivity index is 0. The summed E-state index contributed by atoms with van der Waals surface area (Å²) in [4.78, 5) is 34.9. The van der Waals surface area contributed by atoms with Crippen molar-refractivity contribution in [2.45, 2.75) is 46.5 Å². The molecule has 0 heterocycles. The third kappa shape index (κ3) is 25.1. The lowest BCUT2D eigenvalue weighted by Gasteiger charge is -2.03. The molecule has 0 bridgehead atoms. The Hall–Kier alpha value is -1.86. The first-order chi connectivity index (χ1) is 9.25. The SMILES string of the molecule is CC(C)C.O=C(O)CCCNC(=O)CCCO[N+](=O)[O-]. The van der Waals surface area contributed by atoms with Gasteiger partial charge in [-0.3, -0.25) is 9.59 Å². The third-order valence-corrected chi connectivity index (χ3v) is 1.63. The highest BCUT2D eigenvalue weighted by Crippen LogP contribution is 1.92. The fourth-order valence-electron chi connectivity index (χ4n) is 0.928. The molecule has 0 spiro atoms. The summed E-state index contributed by atoms with van der Waals surface area (Å²) in [5.41, 5.74) is 0. The fourth-order valence-corrected chi connectivity index (χ4v) is 0.928. The summed E-state index contributed by atoms with van der Waals surface area (Å²) in [5.74, 6) is -0.342. The number of carboxylic acids is 1. The summed E-state index contributed by atoms with van der Waals surface area (Å²) >= 11 is 0. The van der Waals surface area contributed by atoms with E-state index in [1.165, 1.54) is 0 Å². The van der Waals surface area contributed by atoms with E-state index in [2.05, 4.69) is 30.9 Å². The molecule has 0 atom stereocenters. The van der Waals surface area contributed by atoms with Crippen LogP contribution in [0.15, 0.2) is 0 Å². The Labute approximate surface area is 118 Å². The largest absolute Gasteiger partial charge is 0.481 e. The Bertz CT molecular complexity index is 267. The maximum atomic E-state index is 11.0. The molecular formula is C12H24N2O6. The molecule has 0 fully saturated rings. The lowest BCUT2D eigenvalue weighted by molar-refractivity contribution is -0.757. The van der Waals surface area contributed by atoms with Gasteiger partial charge in [0, 0.05) is 19.4 Å². The van der Waals surface area contributed by atoms with Crippen molar-refractivity contribution in [1.29, 1.82) is 0 Å². The van der Waals surface area contributed by atoms with Crippen LogP contribution < -0.4 is 5.32 Å². The van der Waals surface area contributed by atoms with Crippen LogP contribution in [-0.2, 0) is 14.4 Å². The van der Waals surface area contributed by atoms with Crippen molar-refractivity contribution < 1.29 is 24.6 Å². The minimum absolute atomic E-state index is 0.00468. The first kappa shape index (κ1) is 20.5. The Kier molecular flexibility index (Phi) is 13.9. The van der Waals surface area contributed by atoms with E-state index >= 15 is 0 Å². The predicted molar refractivity (Wildman–Crippen MR) is 72.6 cm³/mol. The van der Waals surface area contributed by atoms with Crippen LogP contribution in [0.1, 0.15) is 46.5 Å². The molecule has 8 heteroatoms. The molecule has 0 aliphatic rings. The number of carboxylic acid groups (broad SMARTS) is 1. The number of hydrogen-bond acceptors (Lipinski definition) is 5. The van der Waals surface area contributed by atoms with Crippen molar-refractivity contribution in [3.8, 4) is 0 Å². The maximum Gasteiger partial charge on any atom is 0.303 e. The van der Waals surface area contributed by atoms with E-state index in [1.807, 2.05) is 0 Å². The van der Waals surface area contributed by atoms with E-state index in [4.69, 9.17) is 5.11 Å². The summed E-state index contributed by atoms with van der Waals surface area (Å²) in [6, 6.07) is 0. The molecule has 20 heavy (non-hydrogen) atoms. The molecule has 0 unspecified atom stereocenters. The number of amides is 1. The normalized spacial score (nSPS) is 9.40. The third-order valence-electron chi connectivity index (χ3n) is 1.63. The average Bonchev–Trinajstić information content (AvgIpc) is 2.29. The zero-order valence-corrected chi connectivity index (χ0v) is 12.3. The van der Waals surface area contributed by atoms with Crippen molar-refractivity contribution in [3.05, 3.63) is 10.1 Å². The minimum atomic E-state index is -0.912. The van der Waals surface area contributed by atoms with Gasteiger partial charge in [-0.2, -0.15) is 0 Å². The van der Waals surface area contributed by atoms with E-state index < -0.39 is 11.1 Å². The van der Waals surface area contributed by atoms with Gasteiger partial charge in [0.15, 0.2) is 0 Å². The molecule has 0 radical (unpaired) electrons. The first-order valence-electron chi connectivity index (χ1n) is 6.51. The molecule has 0 saturated carbocycles. The summed E-state index contributed by atoms with van der Waals surface area (Å²) in [6.45, 7) is 6.68. The number of nitrogens with zero attached hydrogens (tertiary/aromatic N) is 1. The van der Waals surface area contributed by atoms with Crippen LogP contribution in [0, 0.1) is 16.0 Å². The molecule has 0 rings (SSSR count). The van der Waals surface area contributed by atoms with Gasteiger partial charge in [-0.05, 0) is 18.8 Å². The highest BCUT2D eigenvalue weighted by Gasteiger charge is 2.02.